The first-order valence-corrected chi connectivity index (χ1v) is 8.29. The van der Waals surface area contributed by atoms with E-state index < -0.39 is 0 Å². The first kappa shape index (κ1) is 15.8. The van der Waals surface area contributed by atoms with E-state index in [1.807, 2.05) is 20.8 Å². The Kier molecular flexibility index (Phi) is 5.11. The number of carbonyl (C=O) groups is 1. The van der Waals surface area contributed by atoms with Crippen molar-refractivity contribution in [2.45, 2.75) is 77.9 Å². The van der Waals surface area contributed by atoms with Crippen LogP contribution in [0.4, 0.5) is 0 Å². The van der Waals surface area contributed by atoms with Gasteiger partial charge in [0.05, 0.1) is 6.61 Å². The van der Waals surface area contributed by atoms with E-state index >= 15 is 0 Å². The minimum atomic E-state index is -0.246. The molecule has 3 heteroatoms. The van der Waals surface area contributed by atoms with Crippen molar-refractivity contribution in [3.05, 3.63) is 0 Å². The number of hydrogen-bond acceptors (Lipinski definition) is 2. The third-order valence-corrected chi connectivity index (χ3v) is 4.59. The van der Waals surface area contributed by atoms with Gasteiger partial charge in [-0.1, -0.05) is 19.8 Å². The summed E-state index contributed by atoms with van der Waals surface area (Å²) in [6.07, 6.45) is 7.10. The molecule has 1 N–H and O–H groups in total. The van der Waals surface area contributed by atoms with Crippen molar-refractivity contribution < 1.29 is 9.53 Å². The summed E-state index contributed by atoms with van der Waals surface area (Å²) in [5, 5.41) is 3.08. The standard InChI is InChI=1S/C17H31NO2/c1-12-9-14(12)10-15(16(19)18-17(2,3)4)20-11-13-7-5-6-8-13/h12-15H,5-11H2,1-4H3,(H,18,19). The maximum Gasteiger partial charge on any atom is 0.249 e. The summed E-state index contributed by atoms with van der Waals surface area (Å²) in [4.78, 5) is 12.4. The van der Waals surface area contributed by atoms with E-state index in [1.54, 1.807) is 0 Å². The monoisotopic (exact) mass is 281 g/mol. The quantitative estimate of drug-likeness (QED) is 0.809. The Morgan fingerprint density at radius 3 is 2.40 bits per heavy atom. The number of nitrogens with one attached hydrogen (secondary N) is 1. The first-order chi connectivity index (χ1) is 9.35. The minimum absolute atomic E-state index is 0.0783. The molecule has 0 radical (unpaired) electrons. The molecule has 2 aliphatic carbocycles. The molecule has 0 spiro atoms. The van der Waals surface area contributed by atoms with E-state index in [0.29, 0.717) is 11.8 Å². The Bertz CT molecular complexity index is 328. The summed E-state index contributed by atoms with van der Waals surface area (Å²) >= 11 is 0. The zero-order valence-electron chi connectivity index (χ0n) is 13.6. The maximum atomic E-state index is 12.4. The zero-order chi connectivity index (χ0) is 14.8. The number of ether oxygens (including phenoxy) is 1. The molecule has 3 nitrogen and oxygen atoms in total. The molecule has 0 aromatic carbocycles. The highest BCUT2D eigenvalue weighted by Crippen LogP contribution is 2.42. The van der Waals surface area contributed by atoms with Crippen LogP contribution in [0.1, 0.15) is 66.2 Å². The van der Waals surface area contributed by atoms with Crippen LogP contribution in [0.5, 0.6) is 0 Å². The van der Waals surface area contributed by atoms with Gasteiger partial charge in [-0.3, -0.25) is 4.79 Å². The Labute approximate surface area is 123 Å². The molecule has 0 heterocycles. The predicted molar refractivity (Wildman–Crippen MR) is 81.5 cm³/mol. The van der Waals surface area contributed by atoms with Gasteiger partial charge in [-0.25, -0.2) is 0 Å². The van der Waals surface area contributed by atoms with Crippen molar-refractivity contribution in [3.8, 4) is 0 Å². The lowest BCUT2D eigenvalue weighted by atomic mass is 10.1. The van der Waals surface area contributed by atoms with E-state index in [4.69, 9.17) is 4.74 Å². The van der Waals surface area contributed by atoms with Crippen molar-refractivity contribution in [2.75, 3.05) is 6.61 Å². The minimum Gasteiger partial charge on any atom is -0.368 e. The van der Waals surface area contributed by atoms with Gasteiger partial charge in [0.1, 0.15) is 6.10 Å². The molecule has 3 atom stereocenters. The molecule has 0 bridgehead atoms. The molecule has 0 aliphatic heterocycles. The molecule has 0 saturated heterocycles. The summed E-state index contributed by atoms with van der Waals surface area (Å²) in [6, 6.07) is 0. The predicted octanol–water partition coefficient (Wildman–Crippen LogP) is 3.52. The van der Waals surface area contributed by atoms with E-state index in [-0.39, 0.29) is 17.6 Å². The number of amides is 1. The molecule has 2 saturated carbocycles. The first-order valence-electron chi connectivity index (χ1n) is 8.29. The van der Waals surface area contributed by atoms with Gasteiger partial charge in [0.15, 0.2) is 0 Å². The number of rotatable bonds is 6. The van der Waals surface area contributed by atoms with E-state index in [1.165, 1.54) is 32.1 Å². The molecule has 0 aromatic rings. The van der Waals surface area contributed by atoms with Crippen LogP contribution in [0.15, 0.2) is 0 Å². The van der Waals surface area contributed by atoms with Crippen LogP contribution in [-0.2, 0) is 9.53 Å². The second kappa shape index (κ2) is 6.46. The lowest BCUT2D eigenvalue weighted by Crippen LogP contribution is -2.47. The molecule has 116 valence electrons. The fourth-order valence-electron chi connectivity index (χ4n) is 3.13. The summed E-state index contributed by atoms with van der Waals surface area (Å²) in [5.41, 5.74) is -0.179. The average molecular weight is 281 g/mol. The van der Waals surface area contributed by atoms with Gasteiger partial charge >= 0.3 is 0 Å². The highest BCUT2D eigenvalue weighted by molar-refractivity contribution is 5.81. The lowest BCUT2D eigenvalue weighted by Gasteiger charge is -2.26. The van der Waals surface area contributed by atoms with Gasteiger partial charge in [-0.05, 0) is 64.2 Å². The normalized spacial score (nSPS) is 28.4. The highest BCUT2D eigenvalue weighted by atomic mass is 16.5. The largest absolute Gasteiger partial charge is 0.368 e. The molecule has 2 fully saturated rings. The van der Waals surface area contributed by atoms with Crippen LogP contribution in [-0.4, -0.2) is 24.2 Å². The summed E-state index contributed by atoms with van der Waals surface area (Å²) in [7, 11) is 0. The molecule has 0 aromatic heterocycles. The van der Waals surface area contributed by atoms with Crippen molar-refractivity contribution >= 4 is 5.91 Å². The van der Waals surface area contributed by atoms with Gasteiger partial charge in [0.2, 0.25) is 5.91 Å². The van der Waals surface area contributed by atoms with Crippen molar-refractivity contribution in [3.63, 3.8) is 0 Å². The van der Waals surface area contributed by atoms with Crippen LogP contribution < -0.4 is 5.32 Å². The van der Waals surface area contributed by atoms with E-state index in [2.05, 4.69) is 12.2 Å². The van der Waals surface area contributed by atoms with Crippen LogP contribution in [0.3, 0.4) is 0 Å². The zero-order valence-corrected chi connectivity index (χ0v) is 13.6. The average Bonchev–Trinajstić information content (AvgIpc) is 2.82. The second-order valence-electron chi connectivity index (χ2n) is 7.92. The SMILES string of the molecule is CC1CC1CC(OCC1CCCC1)C(=O)NC(C)(C)C. The van der Waals surface area contributed by atoms with Crippen molar-refractivity contribution in [2.24, 2.45) is 17.8 Å². The number of carbonyl (C=O) groups excluding carboxylic acids is 1. The van der Waals surface area contributed by atoms with E-state index in [0.717, 1.165) is 18.9 Å². The maximum absolute atomic E-state index is 12.4. The van der Waals surface area contributed by atoms with Gasteiger partial charge in [0.25, 0.3) is 0 Å². The topological polar surface area (TPSA) is 38.3 Å². The van der Waals surface area contributed by atoms with Crippen LogP contribution in [0.2, 0.25) is 0 Å². The third-order valence-electron chi connectivity index (χ3n) is 4.59. The van der Waals surface area contributed by atoms with Crippen LogP contribution in [0.25, 0.3) is 0 Å². The van der Waals surface area contributed by atoms with E-state index in [9.17, 15) is 4.79 Å². The Hall–Kier alpha value is -0.570. The summed E-state index contributed by atoms with van der Waals surface area (Å²) in [6.45, 7) is 9.11. The van der Waals surface area contributed by atoms with Crippen molar-refractivity contribution in [1.82, 2.24) is 5.32 Å². The molecule has 20 heavy (non-hydrogen) atoms. The van der Waals surface area contributed by atoms with Gasteiger partial charge in [-0.15, -0.1) is 0 Å². The number of hydrogen-bond donors (Lipinski definition) is 1. The third kappa shape index (κ3) is 5.08. The lowest BCUT2D eigenvalue weighted by molar-refractivity contribution is -0.136. The van der Waals surface area contributed by atoms with Gasteiger partial charge < -0.3 is 10.1 Å². The summed E-state index contributed by atoms with van der Waals surface area (Å²) < 4.78 is 6.02. The Morgan fingerprint density at radius 1 is 1.30 bits per heavy atom. The Balaban J connectivity index is 1.83. The second-order valence-corrected chi connectivity index (χ2v) is 7.92. The highest BCUT2D eigenvalue weighted by Gasteiger charge is 2.37. The van der Waals surface area contributed by atoms with Gasteiger partial charge in [0, 0.05) is 5.54 Å². The van der Waals surface area contributed by atoms with Crippen LogP contribution in [0, 0.1) is 17.8 Å². The Morgan fingerprint density at radius 2 is 1.90 bits per heavy atom. The molecule has 2 aliphatic rings. The molecule has 1 amide bonds. The van der Waals surface area contributed by atoms with Crippen LogP contribution >= 0.6 is 0 Å². The summed E-state index contributed by atoms with van der Waals surface area (Å²) in [5.74, 6) is 2.22. The fraction of sp³-hybridized carbons (Fsp3) is 0.941. The molecular formula is C17H31NO2. The van der Waals surface area contributed by atoms with Crippen molar-refractivity contribution in [1.29, 1.82) is 0 Å². The molecule has 2 rings (SSSR count). The molecule has 3 unspecified atom stereocenters. The van der Waals surface area contributed by atoms with Gasteiger partial charge in [-0.2, -0.15) is 0 Å². The molecular weight excluding hydrogens is 250 g/mol. The fourth-order valence-corrected chi connectivity index (χ4v) is 3.13. The smallest absolute Gasteiger partial charge is 0.249 e.